The Bertz CT molecular complexity index is 1470. The molecular weight excluding hydrogens is 462 g/mol. The van der Waals surface area contributed by atoms with Gasteiger partial charge < -0.3 is 14.0 Å². The second-order valence-corrected chi connectivity index (χ2v) is 9.52. The van der Waals surface area contributed by atoms with Gasteiger partial charge >= 0.3 is 0 Å². The molecule has 2 heterocycles. The zero-order chi connectivity index (χ0) is 23.2. The molecule has 0 aliphatic heterocycles. The molecule has 6 nitrogen and oxygen atoms in total. The third kappa shape index (κ3) is 3.89. The fraction of sp³-hybridized carbons (Fsp3) is 0.136. The van der Waals surface area contributed by atoms with Crippen LogP contribution in [-0.2, 0) is 16.9 Å². The molecule has 0 bridgehead atoms. The number of pyridine rings is 1. The third-order valence-corrected chi connectivity index (χ3v) is 6.29. The van der Waals surface area contributed by atoms with Crippen LogP contribution in [0.2, 0.25) is 5.02 Å². The normalized spacial score (nSPS) is 11.7. The molecule has 0 N–H and O–H groups in total. The first-order valence-electron chi connectivity index (χ1n) is 9.25. The van der Waals surface area contributed by atoms with Crippen LogP contribution in [0.1, 0.15) is 0 Å². The highest BCUT2D eigenvalue weighted by atomic mass is 35.5. The number of hydrogen-bond donors (Lipinski definition) is 0. The van der Waals surface area contributed by atoms with Gasteiger partial charge in [0.15, 0.2) is 21.4 Å². The fourth-order valence-electron chi connectivity index (χ4n) is 3.44. The molecule has 0 fully saturated rings. The second kappa shape index (κ2) is 8.07. The summed E-state index contributed by atoms with van der Waals surface area (Å²) < 4.78 is 64.8. The van der Waals surface area contributed by atoms with Gasteiger partial charge in [0, 0.05) is 42.1 Å². The van der Waals surface area contributed by atoms with E-state index in [0.29, 0.717) is 39.0 Å². The number of sulfone groups is 1. The maximum absolute atomic E-state index is 14.2. The highest BCUT2D eigenvalue weighted by Crippen LogP contribution is 2.43. The molecule has 4 rings (SSSR count). The number of benzene rings is 2. The van der Waals surface area contributed by atoms with Crippen LogP contribution in [0.3, 0.4) is 0 Å². The summed E-state index contributed by atoms with van der Waals surface area (Å²) in [6.07, 6.45) is 4.22. The number of methoxy groups -OCH3 is 1. The highest BCUT2D eigenvalue weighted by molar-refractivity contribution is 7.90. The topological polar surface area (TPSA) is 70.4 Å². The summed E-state index contributed by atoms with van der Waals surface area (Å²) >= 11 is 6.45. The molecule has 0 saturated heterocycles. The van der Waals surface area contributed by atoms with Crippen molar-refractivity contribution in [2.45, 2.75) is 4.90 Å². The lowest BCUT2D eigenvalue weighted by atomic mass is 10.0. The van der Waals surface area contributed by atoms with Crippen molar-refractivity contribution in [3.63, 3.8) is 0 Å². The molecule has 0 aliphatic rings. The summed E-state index contributed by atoms with van der Waals surface area (Å²) in [6.45, 7) is 0. The average Bonchev–Trinajstić information content (AvgIpc) is 3.08. The van der Waals surface area contributed by atoms with E-state index < -0.39 is 21.5 Å². The van der Waals surface area contributed by atoms with E-state index in [9.17, 15) is 17.2 Å². The Morgan fingerprint density at radius 1 is 1.06 bits per heavy atom. The number of ether oxygens (including phenoxy) is 2. The lowest BCUT2D eigenvalue weighted by Crippen LogP contribution is -1.99. The van der Waals surface area contributed by atoms with E-state index in [1.54, 1.807) is 17.8 Å². The van der Waals surface area contributed by atoms with E-state index in [2.05, 4.69) is 4.98 Å². The van der Waals surface area contributed by atoms with Crippen LogP contribution in [0.5, 0.6) is 17.4 Å². The van der Waals surface area contributed by atoms with E-state index in [-0.39, 0.29) is 16.4 Å². The van der Waals surface area contributed by atoms with Crippen LogP contribution in [0.25, 0.3) is 22.0 Å². The van der Waals surface area contributed by atoms with Crippen molar-refractivity contribution < 1.29 is 26.7 Å². The second-order valence-electron chi connectivity index (χ2n) is 7.10. The van der Waals surface area contributed by atoms with Gasteiger partial charge in [0.25, 0.3) is 0 Å². The Hall–Kier alpha value is -3.17. The number of rotatable bonds is 5. The average molecular weight is 479 g/mol. The van der Waals surface area contributed by atoms with Crippen molar-refractivity contribution in [1.29, 1.82) is 0 Å². The predicted molar refractivity (Wildman–Crippen MR) is 117 cm³/mol. The number of nitrogens with zero attached hydrogens (tertiary/aromatic N) is 2. The lowest BCUT2D eigenvalue weighted by Gasteiger charge is -2.13. The van der Waals surface area contributed by atoms with E-state index in [0.717, 1.165) is 18.4 Å². The first-order valence-corrected chi connectivity index (χ1v) is 11.5. The Balaban J connectivity index is 2.01. The molecule has 166 valence electrons. The van der Waals surface area contributed by atoms with E-state index in [1.807, 2.05) is 0 Å². The molecule has 0 amide bonds. The summed E-state index contributed by atoms with van der Waals surface area (Å²) in [5, 5.41) is 0.858. The predicted octanol–water partition coefficient (Wildman–Crippen LogP) is 5.38. The molecule has 2 aromatic carbocycles. The Morgan fingerprint density at radius 3 is 2.44 bits per heavy atom. The minimum atomic E-state index is -3.56. The van der Waals surface area contributed by atoms with Gasteiger partial charge in [-0.3, -0.25) is 0 Å². The molecule has 0 saturated carbocycles. The van der Waals surface area contributed by atoms with Crippen molar-refractivity contribution in [2.75, 3.05) is 13.4 Å². The molecule has 0 aliphatic carbocycles. The molecule has 0 unspecified atom stereocenters. The Kier molecular flexibility index (Phi) is 5.56. The van der Waals surface area contributed by atoms with Crippen LogP contribution in [-0.4, -0.2) is 31.3 Å². The monoisotopic (exact) mass is 478 g/mol. The molecule has 0 atom stereocenters. The van der Waals surface area contributed by atoms with Gasteiger partial charge in [-0.1, -0.05) is 11.6 Å². The maximum atomic E-state index is 14.2. The van der Waals surface area contributed by atoms with E-state index in [4.69, 9.17) is 21.1 Å². The van der Waals surface area contributed by atoms with Gasteiger partial charge in [-0.2, -0.15) is 0 Å². The van der Waals surface area contributed by atoms with Gasteiger partial charge in [0.2, 0.25) is 5.88 Å². The zero-order valence-corrected chi connectivity index (χ0v) is 18.8. The molecule has 4 aromatic rings. The van der Waals surface area contributed by atoms with Gasteiger partial charge in [0.1, 0.15) is 17.1 Å². The summed E-state index contributed by atoms with van der Waals surface area (Å²) in [7, 11) is -0.335. The van der Waals surface area contributed by atoms with Crippen LogP contribution in [0.15, 0.2) is 53.7 Å². The summed E-state index contributed by atoms with van der Waals surface area (Å²) in [5.74, 6) is -1.38. The largest absolute Gasteiger partial charge is 0.479 e. The van der Waals surface area contributed by atoms with E-state index in [1.165, 1.54) is 31.5 Å². The molecule has 32 heavy (non-hydrogen) atoms. The van der Waals surface area contributed by atoms with Crippen LogP contribution in [0.4, 0.5) is 8.78 Å². The minimum absolute atomic E-state index is 0.0357. The number of aromatic nitrogens is 2. The van der Waals surface area contributed by atoms with Crippen molar-refractivity contribution in [2.24, 2.45) is 7.05 Å². The Morgan fingerprint density at radius 2 is 1.78 bits per heavy atom. The van der Waals surface area contributed by atoms with Gasteiger partial charge in [-0.05, 0) is 30.3 Å². The van der Waals surface area contributed by atoms with Crippen molar-refractivity contribution in [3.05, 3.63) is 65.4 Å². The highest BCUT2D eigenvalue weighted by Gasteiger charge is 2.22. The van der Waals surface area contributed by atoms with Gasteiger partial charge in [-0.15, -0.1) is 0 Å². The number of hydrogen-bond acceptors (Lipinski definition) is 5. The summed E-state index contributed by atoms with van der Waals surface area (Å²) in [4.78, 5) is 4.21. The minimum Gasteiger partial charge on any atom is -0.479 e. The zero-order valence-electron chi connectivity index (χ0n) is 17.2. The fourth-order valence-corrected chi connectivity index (χ4v) is 4.32. The first-order chi connectivity index (χ1) is 15.1. The van der Waals surface area contributed by atoms with Gasteiger partial charge in [-0.25, -0.2) is 22.2 Å². The van der Waals surface area contributed by atoms with Crippen LogP contribution >= 0.6 is 11.6 Å². The first kappa shape index (κ1) is 22.0. The molecule has 2 aromatic heterocycles. The molecule has 0 radical (unpaired) electrons. The quantitative estimate of drug-likeness (QED) is 0.385. The maximum Gasteiger partial charge on any atom is 0.238 e. The summed E-state index contributed by atoms with van der Waals surface area (Å²) in [5.41, 5.74) is 1.45. The SMILES string of the molecule is COc1ncc(Cl)c2c(-c3cc(S(C)(=O)=O)ccc3Oc3ccc(F)cc3F)cn(C)c12. The lowest BCUT2D eigenvalue weighted by molar-refractivity contribution is 0.401. The standard InChI is InChI=1S/C22H17ClF2N2O4S/c1-27-11-15(20-16(23)10-26-22(30-2)21(20)27)14-9-13(32(3,28)29)5-7-18(14)31-19-6-4-12(24)8-17(19)25/h4-11H,1-3H3. The van der Waals surface area contributed by atoms with E-state index >= 15 is 0 Å². The number of fused-ring (bicyclic) bond motifs is 1. The molecular formula is C22H17ClF2N2O4S. The number of halogens is 3. The van der Waals surface area contributed by atoms with Crippen LogP contribution < -0.4 is 9.47 Å². The smallest absolute Gasteiger partial charge is 0.238 e. The molecule has 0 spiro atoms. The summed E-state index contributed by atoms with van der Waals surface area (Å²) in [6, 6.07) is 7.11. The Labute approximate surface area is 187 Å². The van der Waals surface area contributed by atoms with Gasteiger partial charge in [0.05, 0.1) is 23.2 Å². The van der Waals surface area contributed by atoms with Crippen LogP contribution in [0, 0.1) is 11.6 Å². The molecule has 10 heteroatoms. The third-order valence-electron chi connectivity index (χ3n) is 4.89. The number of aryl methyl sites for hydroxylation is 1. The van der Waals surface area contributed by atoms with Crippen molar-refractivity contribution >= 4 is 32.3 Å². The van der Waals surface area contributed by atoms with Crippen molar-refractivity contribution in [3.8, 4) is 28.5 Å². The van der Waals surface area contributed by atoms with Crippen molar-refractivity contribution in [1.82, 2.24) is 9.55 Å².